The monoisotopic (exact) mass is 463 g/mol. The van der Waals surface area contributed by atoms with Gasteiger partial charge < -0.3 is 9.47 Å². The second-order valence-corrected chi connectivity index (χ2v) is 8.02. The van der Waals surface area contributed by atoms with Crippen LogP contribution in [0.15, 0.2) is 30.9 Å². The summed E-state index contributed by atoms with van der Waals surface area (Å²) >= 11 is 15.7. The Balaban J connectivity index is 2.41. The van der Waals surface area contributed by atoms with Crippen LogP contribution in [-0.2, 0) is 9.53 Å². The van der Waals surface area contributed by atoms with E-state index in [4.69, 9.17) is 32.7 Å². The van der Waals surface area contributed by atoms with Crippen molar-refractivity contribution in [1.29, 1.82) is 0 Å². The zero-order chi connectivity index (χ0) is 19.3. The fraction of sp³-hybridized carbons (Fsp3) is 0.471. The van der Waals surface area contributed by atoms with Gasteiger partial charge in [0.25, 0.3) is 6.47 Å². The summed E-state index contributed by atoms with van der Waals surface area (Å²) in [6.45, 7) is 6.43. The number of hydrogen-bond acceptors (Lipinski definition) is 5. The number of ether oxygens (including phenoxy) is 2. The summed E-state index contributed by atoms with van der Waals surface area (Å²) in [7, 11) is 0. The highest BCUT2D eigenvalue weighted by molar-refractivity contribution is 9.09. The van der Waals surface area contributed by atoms with Crippen LogP contribution in [-0.4, -0.2) is 26.2 Å². The average molecular weight is 465 g/mol. The van der Waals surface area contributed by atoms with Gasteiger partial charge in [-0.25, -0.2) is 9.67 Å². The topological polar surface area (TPSA) is 66.2 Å². The van der Waals surface area contributed by atoms with E-state index < -0.39 is 16.7 Å². The molecule has 0 saturated carbocycles. The maximum absolute atomic E-state index is 10.8. The summed E-state index contributed by atoms with van der Waals surface area (Å²) in [5, 5.41) is 4.64. The summed E-state index contributed by atoms with van der Waals surface area (Å²) in [5.41, 5.74) is -0.481. The Hall–Kier alpha value is -1.31. The lowest BCUT2D eigenvalue weighted by atomic mass is 9.76. The van der Waals surface area contributed by atoms with Gasteiger partial charge in [0.2, 0.25) is 0 Å². The molecule has 2 aromatic rings. The summed E-state index contributed by atoms with van der Waals surface area (Å²) in [4.78, 5) is 14.8. The number of carbonyl (C=O) groups is 1. The van der Waals surface area contributed by atoms with E-state index in [1.54, 1.807) is 29.2 Å². The smallest absolute Gasteiger partial charge is 0.294 e. The lowest BCUT2D eigenvalue weighted by molar-refractivity contribution is -0.137. The number of hydrogen-bond donors (Lipinski definition) is 0. The number of alkyl halides is 1. The molecule has 3 unspecified atom stereocenters. The third-order valence-electron chi connectivity index (χ3n) is 4.34. The van der Waals surface area contributed by atoms with E-state index in [0.29, 0.717) is 22.3 Å². The van der Waals surface area contributed by atoms with Crippen LogP contribution >= 0.6 is 39.1 Å². The maximum atomic E-state index is 10.8. The number of carbonyl (C=O) groups excluding carboxylic acids is 1. The Labute approximate surface area is 170 Å². The van der Waals surface area contributed by atoms with Crippen LogP contribution in [0.25, 0.3) is 0 Å². The number of rotatable bonds is 9. The summed E-state index contributed by atoms with van der Waals surface area (Å²) in [6.07, 6.45) is 3.23. The standard InChI is InChI=1S/C17H20BrCl2N3O3/c1-4-12(17(2,3)16(18)25-10-24)15(23-9-21-8-22-23)26-14-6-5-11(19)7-13(14)20/h5-10,12,15-16H,4H2,1-3H3. The molecule has 0 spiro atoms. The second-order valence-electron chi connectivity index (χ2n) is 6.34. The van der Waals surface area contributed by atoms with Gasteiger partial charge in [0.1, 0.15) is 18.4 Å². The van der Waals surface area contributed by atoms with Crippen molar-refractivity contribution in [2.24, 2.45) is 11.3 Å². The van der Waals surface area contributed by atoms with Gasteiger partial charge >= 0.3 is 0 Å². The first kappa shape index (κ1) is 21.0. The molecule has 1 aromatic heterocycles. The second kappa shape index (κ2) is 9.06. The van der Waals surface area contributed by atoms with Crippen LogP contribution in [0.1, 0.15) is 33.4 Å². The quantitative estimate of drug-likeness (QED) is 0.381. The fourth-order valence-corrected chi connectivity index (χ4v) is 3.74. The number of aromatic nitrogens is 3. The minimum atomic E-state index is -0.522. The van der Waals surface area contributed by atoms with Gasteiger partial charge in [0.15, 0.2) is 11.2 Å². The van der Waals surface area contributed by atoms with E-state index >= 15 is 0 Å². The van der Waals surface area contributed by atoms with Gasteiger partial charge in [0, 0.05) is 16.4 Å². The first-order chi connectivity index (χ1) is 12.3. The molecule has 0 saturated heterocycles. The molecule has 0 aliphatic carbocycles. The maximum Gasteiger partial charge on any atom is 0.294 e. The largest absolute Gasteiger partial charge is 0.467 e. The van der Waals surface area contributed by atoms with Crippen molar-refractivity contribution in [3.05, 3.63) is 40.9 Å². The molecule has 0 bridgehead atoms. The average Bonchev–Trinajstić information content (AvgIpc) is 3.11. The third kappa shape index (κ3) is 4.69. The Bertz CT molecular complexity index is 728. The van der Waals surface area contributed by atoms with Crippen LogP contribution in [0.4, 0.5) is 0 Å². The normalized spacial score (nSPS) is 15.2. The summed E-state index contributed by atoms with van der Waals surface area (Å²) in [6, 6.07) is 5.03. The van der Waals surface area contributed by atoms with E-state index in [-0.39, 0.29) is 5.92 Å². The predicted octanol–water partition coefficient (Wildman–Crippen LogP) is 5.11. The lowest BCUT2D eigenvalue weighted by Gasteiger charge is -2.40. The Morgan fingerprint density at radius 1 is 1.38 bits per heavy atom. The number of nitrogens with zero attached hydrogens (tertiary/aromatic N) is 3. The third-order valence-corrected chi connectivity index (χ3v) is 6.26. The molecule has 1 aromatic carbocycles. The van der Waals surface area contributed by atoms with Gasteiger partial charge in [-0.15, -0.1) is 0 Å². The molecule has 0 N–H and O–H groups in total. The van der Waals surface area contributed by atoms with Gasteiger partial charge in [-0.1, -0.05) is 44.0 Å². The van der Waals surface area contributed by atoms with Gasteiger partial charge in [-0.05, 0) is 40.5 Å². The highest BCUT2D eigenvalue weighted by atomic mass is 79.9. The molecule has 1 heterocycles. The molecule has 0 amide bonds. The first-order valence-electron chi connectivity index (χ1n) is 8.00. The molecule has 3 atom stereocenters. The molecule has 0 aliphatic heterocycles. The molecule has 0 aliphatic rings. The van der Waals surface area contributed by atoms with Crippen molar-refractivity contribution >= 4 is 45.6 Å². The molecule has 142 valence electrons. The zero-order valence-electron chi connectivity index (χ0n) is 14.6. The van der Waals surface area contributed by atoms with Crippen molar-refractivity contribution in [3.63, 3.8) is 0 Å². The Morgan fingerprint density at radius 2 is 2.12 bits per heavy atom. The van der Waals surface area contributed by atoms with E-state index in [1.807, 2.05) is 20.8 Å². The number of benzene rings is 1. The van der Waals surface area contributed by atoms with Gasteiger partial charge in [0.05, 0.1) is 5.02 Å². The Kier molecular flexibility index (Phi) is 7.32. The van der Waals surface area contributed by atoms with Crippen molar-refractivity contribution in [1.82, 2.24) is 14.8 Å². The summed E-state index contributed by atoms with van der Waals surface area (Å²) < 4.78 is 13.0. The van der Waals surface area contributed by atoms with Crippen LogP contribution in [0.5, 0.6) is 5.75 Å². The lowest BCUT2D eigenvalue weighted by Crippen LogP contribution is -2.41. The van der Waals surface area contributed by atoms with E-state index in [0.717, 1.165) is 6.42 Å². The predicted molar refractivity (Wildman–Crippen MR) is 104 cm³/mol. The SMILES string of the molecule is CCC(C(Oc1ccc(Cl)cc1Cl)n1cncn1)C(C)(C)C(Br)OC=O. The van der Waals surface area contributed by atoms with Crippen molar-refractivity contribution in [2.75, 3.05) is 0 Å². The van der Waals surface area contributed by atoms with E-state index in [9.17, 15) is 4.79 Å². The van der Waals surface area contributed by atoms with E-state index in [1.165, 1.54) is 6.33 Å². The van der Waals surface area contributed by atoms with Crippen molar-refractivity contribution in [3.8, 4) is 5.75 Å². The molecular formula is C17H20BrCl2N3O3. The highest BCUT2D eigenvalue weighted by Crippen LogP contribution is 2.44. The van der Waals surface area contributed by atoms with Crippen LogP contribution in [0.2, 0.25) is 10.0 Å². The zero-order valence-corrected chi connectivity index (χ0v) is 17.7. The van der Waals surface area contributed by atoms with Crippen LogP contribution < -0.4 is 4.74 Å². The molecular weight excluding hydrogens is 445 g/mol. The molecule has 26 heavy (non-hydrogen) atoms. The van der Waals surface area contributed by atoms with Crippen LogP contribution in [0, 0.1) is 11.3 Å². The minimum absolute atomic E-state index is 0.0970. The molecule has 2 rings (SSSR count). The van der Waals surface area contributed by atoms with E-state index in [2.05, 4.69) is 26.0 Å². The first-order valence-corrected chi connectivity index (χ1v) is 9.67. The molecule has 0 radical (unpaired) electrons. The van der Waals surface area contributed by atoms with Crippen molar-refractivity contribution in [2.45, 2.75) is 38.4 Å². The fourth-order valence-electron chi connectivity index (χ4n) is 2.86. The highest BCUT2D eigenvalue weighted by Gasteiger charge is 2.43. The summed E-state index contributed by atoms with van der Waals surface area (Å²) in [5.74, 6) is 0.383. The Morgan fingerprint density at radius 3 is 2.65 bits per heavy atom. The van der Waals surface area contributed by atoms with Crippen molar-refractivity contribution < 1.29 is 14.3 Å². The molecule has 9 heteroatoms. The number of halogens is 3. The van der Waals surface area contributed by atoms with Crippen LogP contribution in [0.3, 0.4) is 0 Å². The van der Waals surface area contributed by atoms with Gasteiger partial charge in [-0.2, -0.15) is 5.10 Å². The molecule has 6 nitrogen and oxygen atoms in total. The molecule has 0 fully saturated rings. The minimum Gasteiger partial charge on any atom is -0.467 e. The van der Waals surface area contributed by atoms with Gasteiger partial charge in [-0.3, -0.25) is 4.79 Å².